The van der Waals surface area contributed by atoms with Crippen molar-refractivity contribution in [3.63, 3.8) is 0 Å². The van der Waals surface area contributed by atoms with Gasteiger partial charge in [-0.15, -0.1) is 0 Å². The third-order valence-corrected chi connectivity index (χ3v) is 3.80. The van der Waals surface area contributed by atoms with Gasteiger partial charge in [-0.05, 0) is 23.4 Å². The normalized spacial score (nSPS) is 42.2. The molecule has 0 saturated carbocycles. The number of aliphatic hydroxyl groups excluding tert-OH is 1. The fourth-order valence-electron chi connectivity index (χ4n) is 1.89. The molecule has 1 N–H and O–H groups in total. The Morgan fingerprint density at radius 3 is 2.46 bits per heavy atom. The van der Waals surface area contributed by atoms with Crippen LogP contribution in [0.4, 0.5) is 0 Å². The Labute approximate surface area is 80.6 Å². The van der Waals surface area contributed by atoms with Gasteiger partial charge < -0.3 is 14.4 Å². The van der Waals surface area contributed by atoms with E-state index in [0.29, 0.717) is 0 Å². The molecule has 5 atom stereocenters. The first-order valence-corrected chi connectivity index (χ1v) is 5.60. The lowest BCUT2D eigenvalue weighted by molar-refractivity contribution is 0.00532. The van der Waals surface area contributed by atoms with E-state index in [1.165, 1.54) is 0 Å². The molecule has 0 aromatic rings. The molecule has 5 heteroatoms. The second kappa shape index (κ2) is 4.50. The minimum Gasteiger partial charge on any atom is -0.772 e. The summed E-state index contributed by atoms with van der Waals surface area (Å²) in [5.74, 6) is -0.0273. The van der Waals surface area contributed by atoms with Gasteiger partial charge in [0.15, 0.2) is 0 Å². The molecule has 0 aromatic heterocycles. The topological polar surface area (TPSA) is 69.6 Å². The highest BCUT2D eigenvalue weighted by Gasteiger charge is 2.41. The van der Waals surface area contributed by atoms with Crippen LogP contribution < -0.4 is 0 Å². The Morgan fingerprint density at radius 2 is 2.15 bits per heavy atom. The van der Waals surface area contributed by atoms with Gasteiger partial charge in [0, 0.05) is 0 Å². The highest BCUT2D eigenvalue weighted by molar-refractivity contribution is 7.79. The van der Waals surface area contributed by atoms with Crippen molar-refractivity contribution in [1.82, 2.24) is 0 Å². The summed E-state index contributed by atoms with van der Waals surface area (Å²) in [6, 6.07) is 0. The molecule has 0 bridgehead atoms. The highest BCUT2D eigenvalue weighted by Crippen LogP contribution is 2.31. The van der Waals surface area contributed by atoms with Crippen molar-refractivity contribution in [3.05, 3.63) is 0 Å². The second-order valence-corrected chi connectivity index (χ2v) is 4.45. The predicted molar refractivity (Wildman–Crippen MR) is 47.9 cm³/mol. The lowest BCUT2D eigenvalue weighted by Gasteiger charge is -2.21. The molecule has 1 fully saturated rings. The summed E-state index contributed by atoms with van der Waals surface area (Å²) < 4.78 is 27.1. The molecule has 13 heavy (non-hydrogen) atoms. The molecule has 1 aliphatic rings. The average Bonchev–Trinajstić information content (AvgIpc) is 2.41. The van der Waals surface area contributed by atoms with Crippen molar-refractivity contribution < 1.29 is 18.6 Å². The molecule has 0 aromatic carbocycles. The molecule has 1 aliphatic heterocycles. The third kappa shape index (κ3) is 2.10. The standard InChI is InChI=1S/C8H16O4S/c1-3-6-5(2)8(13(10)11)7(4-9)12-6/h5-9H,3-4H2,1-2H3,(H,10,11)/p-1. The van der Waals surface area contributed by atoms with Gasteiger partial charge in [0.2, 0.25) is 0 Å². The zero-order valence-electron chi connectivity index (χ0n) is 7.80. The summed E-state index contributed by atoms with van der Waals surface area (Å²) >= 11 is -2.16. The van der Waals surface area contributed by atoms with Gasteiger partial charge in [-0.3, -0.25) is 4.21 Å². The number of ether oxygens (including phenoxy) is 1. The predicted octanol–water partition coefficient (Wildman–Crippen LogP) is 0.0399. The molecule has 78 valence electrons. The summed E-state index contributed by atoms with van der Waals surface area (Å²) in [4.78, 5) is 0. The maximum Gasteiger partial charge on any atom is 0.0945 e. The molecule has 5 unspecified atom stereocenters. The van der Waals surface area contributed by atoms with E-state index in [-0.39, 0.29) is 18.6 Å². The van der Waals surface area contributed by atoms with Crippen LogP contribution in [0.1, 0.15) is 20.3 Å². The maximum absolute atomic E-state index is 10.9. The fourth-order valence-corrected chi connectivity index (χ4v) is 2.81. The first kappa shape index (κ1) is 11.1. The largest absolute Gasteiger partial charge is 0.772 e. The molecule has 1 rings (SSSR count). The number of aliphatic hydroxyl groups is 1. The van der Waals surface area contributed by atoms with Crippen molar-refractivity contribution >= 4 is 11.1 Å². The van der Waals surface area contributed by atoms with E-state index in [1.807, 2.05) is 13.8 Å². The second-order valence-electron chi connectivity index (χ2n) is 3.39. The van der Waals surface area contributed by atoms with E-state index in [1.54, 1.807) is 0 Å². The molecule has 0 aliphatic carbocycles. The van der Waals surface area contributed by atoms with Crippen LogP contribution in [0.15, 0.2) is 0 Å². The van der Waals surface area contributed by atoms with E-state index >= 15 is 0 Å². The Hall–Kier alpha value is 0.0300. The van der Waals surface area contributed by atoms with Crippen molar-refractivity contribution in [2.75, 3.05) is 6.61 Å². The minimum absolute atomic E-state index is 0.0273. The zero-order chi connectivity index (χ0) is 10.0. The van der Waals surface area contributed by atoms with Gasteiger partial charge in [-0.25, -0.2) is 0 Å². The quantitative estimate of drug-likeness (QED) is 0.663. The Bertz CT molecular complexity index is 195. The van der Waals surface area contributed by atoms with E-state index in [0.717, 1.165) is 6.42 Å². The molecule has 0 radical (unpaired) electrons. The lowest BCUT2D eigenvalue weighted by Crippen LogP contribution is -2.32. The van der Waals surface area contributed by atoms with Gasteiger partial charge in [0.05, 0.1) is 24.1 Å². The molecule has 1 heterocycles. The smallest absolute Gasteiger partial charge is 0.0945 e. The van der Waals surface area contributed by atoms with Crippen molar-refractivity contribution in [3.8, 4) is 0 Å². The Morgan fingerprint density at radius 1 is 1.54 bits per heavy atom. The van der Waals surface area contributed by atoms with E-state index in [4.69, 9.17) is 9.84 Å². The fraction of sp³-hybridized carbons (Fsp3) is 1.00. The van der Waals surface area contributed by atoms with Crippen LogP contribution >= 0.6 is 0 Å². The number of hydrogen-bond donors (Lipinski definition) is 1. The van der Waals surface area contributed by atoms with Crippen LogP contribution in [-0.2, 0) is 15.8 Å². The first-order chi connectivity index (χ1) is 6.11. The van der Waals surface area contributed by atoms with Crippen molar-refractivity contribution in [1.29, 1.82) is 0 Å². The molecule has 0 amide bonds. The van der Waals surface area contributed by atoms with Gasteiger partial charge in [-0.1, -0.05) is 13.8 Å². The minimum atomic E-state index is -2.16. The van der Waals surface area contributed by atoms with Gasteiger partial charge >= 0.3 is 0 Å². The molecule has 0 spiro atoms. The lowest BCUT2D eigenvalue weighted by atomic mass is 10.00. The van der Waals surface area contributed by atoms with Crippen LogP contribution in [0.5, 0.6) is 0 Å². The van der Waals surface area contributed by atoms with Crippen molar-refractivity contribution in [2.24, 2.45) is 5.92 Å². The van der Waals surface area contributed by atoms with Crippen LogP contribution in [-0.4, -0.2) is 37.9 Å². The van der Waals surface area contributed by atoms with Gasteiger partial charge in [0.25, 0.3) is 0 Å². The van der Waals surface area contributed by atoms with Crippen molar-refractivity contribution in [2.45, 2.75) is 37.7 Å². The monoisotopic (exact) mass is 207 g/mol. The van der Waals surface area contributed by atoms with Gasteiger partial charge in [-0.2, -0.15) is 0 Å². The molecule has 1 saturated heterocycles. The molecular weight excluding hydrogens is 192 g/mol. The third-order valence-electron chi connectivity index (χ3n) is 2.63. The van der Waals surface area contributed by atoms with E-state index in [2.05, 4.69) is 0 Å². The van der Waals surface area contributed by atoms with Crippen LogP contribution in [0.3, 0.4) is 0 Å². The zero-order valence-corrected chi connectivity index (χ0v) is 8.62. The average molecular weight is 207 g/mol. The first-order valence-electron chi connectivity index (χ1n) is 4.46. The van der Waals surface area contributed by atoms with Crippen LogP contribution in [0, 0.1) is 5.92 Å². The number of hydrogen-bond acceptors (Lipinski definition) is 4. The summed E-state index contributed by atoms with van der Waals surface area (Å²) in [7, 11) is 0. The SMILES string of the molecule is CCC1OC(CO)C(S(=O)[O-])C1C. The van der Waals surface area contributed by atoms with Crippen LogP contribution in [0.2, 0.25) is 0 Å². The van der Waals surface area contributed by atoms with E-state index < -0.39 is 22.4 Å². The molecular formula is C8H15O4S-. The summed E-state index contributed by atoms with van der Waals surface area (Å²) in [5.41, 5.74) is 0. The Kier molecular flexibility index (Phi) is 3.85. The Balaban J connectivity index is 2.73. The number of rotatable bonds is 3. The van der Waals surface area contributed by atoms with Gasteiger partial charge in [0.1, 0.15) is 0 Å². The van der Waals surface area contributed by atoms with E-state index in [9.17, 15) is 8.76 Å². The molecule has 4 nitrogen and oxygen atoms in total. The summed E-state index contributed by atoms with van der Waals surface area (Å²) in [6.07, 6.45) is 0.198. The highest BCUT2D eigenvalue weighted by atomic mass is 32.2. The summed E-state index contributed by atoms with van der Waals surface area (Å²) in [5, 5.41) is 8.36. The maximum atomic E-state index is 10.9. The summed E-state index contributed by atoms with van der Waals surface area (Å²) in [6.45, 7) is 3.58. The van der Waals surface area contributed by atoms with Crippen LogP contribution in [0.25, 0.3) is 0 Å².